The second-order valence-corrected chi connectivity index (χ2v) is 7.90. The fourth-order valence-electron chi connectivity index (χ4n) is 4.33. The molecule has 0 amide bonds. The van der Waals surface area contributed by atoms with Crippen molar-refractivity contribution in [2.75, 3.05) is 32.7 Å². The molecule has 2 N–H and O–H groups in total. The first-order valence-corrected chi connectivity index (χ1v) is 9.21. The number of nitrogens with zero attached hydrogens (tertiary/aromatic N) is 1. The number of β-amino-alcohol motifs (C(OH)–C–C–N with tert-alkyl or cyclic N) is 1. The first-order valence-electron chi connectivity index (χ1n) is 9.21. The van der Waals surface area contributed by atoms with Gasteiger partial charge in [0.2, 0.25) is 0 Å². The highest BCUT2D eigenvalue weighted by Gasteiger charge is 2.36. The average molecular weight is 296 g/mol. The second kappa shape index (κ2) is 7.94. The summed E-state index contributed by atoms with van der Waals surface area (Å²) in [6, 6.07) is 0. The van der Waals surface area contributed by atoms with Gasteiger partial charge in [0.25, 0.3) is 0 Å². The van der Waals surface area contributed by atoms with Gasteiger partial charge < -0.3 is 10.4 Å². The summed E-state index contributed by atoms with van der Waals surface area (Å²) in [7, 11) is 0. The van der Waals surface area contributed by atoms with Crippen LogP contribution < -0.4 is 5.32 Å². The molecule has 0 spiro atoms. The van der Waals surface area contributed by atoms with E-state index in [4.69, 9.17) is 0 Å². The fraction of sp³-hybridized carbons (Fsp3) is 1.00. The third-order valence-electron chi connectivity index (χ3n) is 5.40. The summed E-state index contributed by atoms with van der Waals surface area (Å²) < 4.78 is 0. The van der Waals surface area contributed by atoms with Gasteiger partial charge in [0.1, 0.15) is 0 Å². The number of rotatable bonds is 6. The molecule has 1 aliphatic heterocycles. The van der Waals surface area contributed by atoms with Gasteiger partial charge >= 0.3 is 0 Å². The van der Waals surface area contributed by atoms with E-state index in [1.807, 2.05) is 6.92 Å². The lowest BCUT2D eigenvalue weighted by Crippen LogP contribution is -2.51. The number of hydrogen-bond donors (Lipinski definition) is 2. The van der Waals surface area contributed by atoms with Gasteiger partial charge in [0.15, 0.2) is 0 Å². The van der Waals surface area contributed by atoms with Crippen molar-refractivity contribution in [3.8, 4) is 0 Å². The van der Waals surface area contributed by atoms with Crippen LogP contribution in [0.15, 0.2) is 0 Å². The Kier molecular flexibility index (Phi) is 6.51. The van der Waals surface area contributed by atoms with Crippen molar-refractivity contribution in [1.82, 2.24) is 10.2 Å². The summed E-state index contributed by atoms with van der Waals surface area (Å²) >= 11 is 0. The van der Waals surface area contributed by atoms with E-state index in [9.17, 15) is 5.11 Å². The molecule has 2 rings (SSSR count). The average Bonchev–Trinajstić information content (AvgIpc) is 2.64. The van der Waals surface area contributed by atoms with Crippen LogP contribution in [0, 0.1) is 5.41 Å². The normalized spacial score (nSPS) is 31.0. The molecule has 1 atom stereocenters. The van der Waals surface area contributed by atoms with Crippen LogP contribution in [0.5, 0.6) is 0 Å². The second-order valence-electron chi connectivity index (χ2n) is 7.90. The van der Waals surface area contributed by atoms with Crippen LogP contribution in [-0.2, 0) is 0 Å². The number of nitrogens with one attached hydrogen (secondary N) is 1. The summed E-state index contributed by atoms with van der Waals surface area (Å²) in [5.74, 6) is 0. The van der Waals surface area contributed by atoms with Crippen LogP contribution in [0.1, 0.15) is 71.6 Å². The number of hydrogen-bond acceptors (Lipinski definition) is 3. The third kappa shape index (κ3) is 5.54. The van der Waals surface area contributed by atoms with Crippen LogP contribution in [0.4, 0.5) is 0 Å². The molecule has 1 unspecified atom stereocenters. The minimum atomic E-state index is -0.471. The SMILES string of the molecule is CCCNCC1(CN2CCCC(C)(O)C2)CCCCCC1. The molecule has 21 heavy (non-hydrogen) atoms. The van der Waals surface area contributed by atoms with Crippen molar-refractivity contribution in [2.45, 2.75) is 77.2 Å². The Hall–Kier alpha value is -0.120. The minimum absolute atomic E-state index is 0.444. The quantitative estimate of drug-likeness (QED) is 0.584. The van der Waals surface area contributed by atoms with Crippen molar-refractivity contribution in [1.29, 1.82) is 0 Å². The van der Waals surface area contributed by atoms with E-state index in [1.54, 1.807) is 0 Å². The molecular formula is C18H36N2O. The topological polar surface area (TPSA) is 35.5 Å². The van der Waals surface area contributed by atoms with Crippen molar-refractivity contribution in [3.05, 3.63) is 0 Å². The van der Waals surface area contributed by atoms with Gasteiger partial charge in [-0.3, -0.25) is 4.90 Å². The molecule has 1 heterocycles. The lowest BCUT2D eigenvalue weighted by Gasteiger charge is -2.43. The van der Waals surface area contributed by atoms with Gasteiger partial charge in [-0.15, -0.1) is 0 Å². The molecule has 0 aromatic rings. The molecule has 1 aliphatic carbocycles. The zero-order chi connectivity index (χ0) is 15.2. The van der Waals surface area contributed by atoms with Gasteiger partial charge in [0.05, 0.1) is 5.60 Å². The summed E-state index contributed by atoms with van der Waals surface area (Å²) in [5, 5.41) is 14.1. The Morgan fingerprint density at radius 2 is 1.76 bits per heavy atom. The maximum absolute atomic E-state index is 10.4. The van der Waals surface area contributed by atoms with Crippen molar-refractivity contribution >= 4 is 0 Å². The first-order chi connectivity index (χ1) is 10.1. The van der Waals surface area contributed by atoms with Gasteiger partial charge in [0, 0.05) is 19.6 Å². The van der Waals surface area contributed by atoms with Gasteiger partial charge in [-0.2, -0.15) is 0 Å². The summed E-state index contributed by atoms with van der Waals surface area (Å²) in [4.78, 5) is 2.54. The van der Waals surface area contributed by atoms with Crippen LogP contribution in [0.3, 0.4) is 0 Å². The molecular weight excluding hydrogens is 260 g/mol. The van der Waals surface area contributed by atoms with Gasteiger partial charge in [-0.05, 0) is 57.5 Å². The smallest absolute Gasteiger partial charge is 0.0746 e. The first kappa shape index (κ1) is 17.2. The molecule has 3 nitrogen and oxygen atoms in total. The lowest BCUT2D eigenvalue weighted by atomic mass is 9.78. The molecule has 124 valence electrons. The van der Waals surface area contributed by atoms with E-state index in [0.29, 0.717) is 5.41 Å². The predicted octanol–water partition coefficient (Wildman–Crippen LogP) is 3.17. The van der Waals surface area contributed by atoms with Gasteiger partial charge in [-0.25, -0.2) is 0 Å². The largest absolute Gasteiger partial charge is 0.389 e. The standard InChI is InChI=1S/C18H36N2O/c1-3-12-19-14-18(10-6-4-5-7-11-18)16-20-13-8-9-17(2,21)15-20/h19,21H,3-16H2,1-2H3. The summed E-state index contributed by atoms with van der Waals surface area (Å²) in [6.07, 6.45) is 11.6. The number of piperidine rings is 1. The molecule has 1 saturated carbocycles. The minimum Gasteiger partial charge on any atom is -0.389 e. The Bertz CT molecular complexity index is 296. The molecule has 0 aromatic heterocycles. The van der Waals surface area contributed by atoms with E-state index in [2.05, 4.69) is 17.1 Å². The number of likely N-dealkylation sites (tertiary alicyclic amines) is 1. The summed E-state index contributed by atoms with van der Waals surface area (Å²) in [5.41, 5.74) is -0.0277. The Morgan fingerprint density at radius 1 is 1.05 bits per heavy atom. The molecule has 0 bridgehead atoms. The monoisotopic (exact) mass is 296 g/mol. The zero-order valence-electron chi connectivity index (χ0n) is 14.3. The van der Waals surface area contributed by atoms with E-state index >= 15 is 0 Å². The molecule has 2 aliphatic rings. The molecule has 0 radical (unpaired) electrons. The molecule has 2 fully saturated rings. The van der Waals surface area contributed by atoms with E-state index in [0.717, 1.165) is 25.9 Å². The Labute approximate surface area is 131 Å². The summed E-state index contributed by atoms with van der Waals surface area (Å²) in [6.45, 7) is 9.77. The van der Waals surface area contributed by atoms with Crippen LogP contribution >= 0.6 is 0 Å². The maximum atomic E-state index is 10.4. The van der Waals surface area contributed by atoms with E-state index in [-0.39, 0.29) is 0 Å². The highest BCUT2D eigenvalue weighted by molar-refractivity contribution is 4.91. The van der Waals surface area contributed by atoms with Crippen LogP contribution in [0.25, 0.3) is 0 Å². The van der Waals surface area contributed by atoms with E-state index < -0.39 is 5.60 Å². The predicted molar refractivity (Wildman–Crippen MR) is 89.6 cm³/mol. The van der Waals surface area contributed by atoms with Crippen molar-refractivity contribution < 1.29 is 5.11 Å². The molecule has 3 heteroatoms. The Balaban J connectivity index is 1.96. The lowest BCUT2D eigenvalue weighted by molar-refractivity contribution is -0.0303. The van der Waals surface area contributed by atoms with Crippen LogP contribution in [-0.4, -0.2) is 48.3 Å². The van der Waals surface area contributed by atoms with E-state index in [1.165, 1.54) is 64.6 Å². The maximum Gasteiger partial charge on any atom is 0.0746 e. The van der Waals surface area contributed by atoms with Gasteiger partial charge in [-0.1, -0.05) is 32.6 Å². The number of aliphatic hydroxyl groups is 1. The van der Waals surface area contributed by atoms with Crippen molar-refractivity contribution in [2.24, 2.45) is 5.41 Å². The van der Waals surface area contributed by atoms with Crippen molar-refractivity contribution in [3.63, 3.8) is 0 Å². The zero-order valence-corrected chi connectivity index (χ0v) is 14.3. The van der Waals surface area contributed by atoms with Crippen LogP contribution in [0.2, 0.25) is 0 Å². The Morgan fingerprint density at radius 3 is 2.38 bits per heavy atom. The highest BCUT2D eigenvalue weighted by Crippen LogP contribution is 2.36. The molecule has 1 saturated heterocycles. The third-order valence-corrected chi connectivity index (χ3v) is 5.40. The highest BCUT2D eigenvalue weighted by atomic mass is 16.3. The fourth-order valence-corrected chi connectivity index (χ4v) is 4.33. The molecule has 0 aromatic carbocycles.